The first-order valence-electron chi connectivity index (χ1n) is 8.07. The van der Waals surface area contributed by atoms with E-state index in [2.05, 4.69) is 4.90 Å². The van der Waals surface area contributed by atoms with Crippen LogP contribution in [0, 0.1) is 0 Å². The first kappa shape index (κ1) is 17.1. The van der Waals surface area contributed by atoms with Crippen LogP contribution in [0.2, 0.25) is 0 Å². The van der Waals surface area contributed by atoms with Gasteiger partial charge in [0.2, 0.25) is 5.91 Å². The van der Waals surface area contributed by atoms with Crippen molar-refractivity contribution in [2.45, 2.75) is 13.3 Å². The maximum absolute atomic E-state index is 12.3. The van der Waals surface area contributed by atoms with E-state index in [1.807, 2.05) is 42.3 Å². The third kappa shape index (κ3) is 4.87. The van der Waals surface area contributed by atoms with E-state index in [4.69, 9.17) is 4.74 Å². The number of benzene rings is 1. The molecule has 0 N–H and O–H groups in total. The van der Waals surface area contributed by atoms with E-state index >= 15 is 0 Å². The number of piperazine rings is 1. The molecule has 0 aliphatic carbocycles. The van der Waals surface area contributed by atoms with E-state index in [0.717, 1.165) is 5.69 Å². The fourth-order valence-corrected chi connectivity index (χ4v) is 2.59. The van der Waals surface area contributed by atoms with Gasteiger partial charge in [-0.25, -0.2) is 4.79 Å². The molecule has 0 radical (unpaired) electrons. The number of ether oxygens (including phenoxy) is 1. The highest BCUT2D eigenvalue weighted by atomic mass is 16.6. The van der Waals surface area contributed by atoms with E-state index in [1.54, 1.807) is 11.8 Å². The molecule has 0 saturated carbocycles. The van der Waals surface area contributed by atoms with Crippen LogP contribution in [-0.2, 0) is 9.53 Å². The van der Waals surface area contributed by atoms with Gasteiger partial charge < -0.3 is 19.4 Å². The summed E-state index contributed by atoms with van der Waals surface area (Å²) in [6.07, 6.45) is 0.188. The molecule has 1 heterocycles. The molecule has 1 aromatic carbocycles. The number of nitrogens with zero attached hydrogens (tertiary/aromatic N) is 3. The van der Waals surface area contributed by atoms with E-state index in [0.29, 0.717) is 45.8 Å². The van der Waals surface area contributed by atoms with Gasteiger partial charge in [0, 0.05) is 51.9 Å². The Morgan fingerprint density at radius 1 is 1.09 bits per heavy atom. The number of anilines is 1. The van der Waals surface area contributed by atoms with Crippen LogP contribution in [-0.4, -0.2) is 68.2 Å². The van der Waals surface area contributed by atoms with E-state index in [1.165, 1.54) is 0 Å². The van der Waals surface area contributed by atoms with E-state index in [-0.39, 0.29) is 12.0 Å². The Morgan fingerprint density at radius 2 is 1.70 bits per heavy atom. The largest absolute Gasteiger partial charge is 0.450 e. The summed E-state index contributed by atoms with van der Waals surface area (Å²) in [5.74, 6) is 0.135. The Labute approximate surface area is 137 Å². The second-order valence-electron chi connectivity index (χ2n) is 5.57. The predicted molar refractivity (Wildman–Crippen MR) is 89.5 cm³/mol. The van der Waals surface area contributed by atoms with Crippen molar-refractivity contribution >= 4 is 17.7 Å². The normalized spacial score (nSPS) is 14.5. The molecule has 6 heteroatoms. The van der Waals surface area contributed by atoms with Gasteiger partial charge in [0.05, 0.1) is 6.61 Å². The van der Waals surface area contributed by atoms with E-state index < -0.39 is 0 Å². The molecule has 126 valence electrons. The predicted octanol–water partition coefficient (Wildman–Crippen LogP) is 1.81. The molecule has 6 nitrogen and oxygen atoms in total. The van der Waals surface area contributed by atoms with Gasteiger partial charge in [-0.05, 0) is 19.1 Å². The molecule has 1 saturated heterocycles. The van der Waals surface area contributed by atoms with Crippen LogP contribution in [0.25, 0.3) is 0 Å². The molecule has 0 unspecified atom stereocenters. The lowest BCUT2D eigenvalue weighted by Gasteiger charge is -2.34. The average molecular weight is 319 g/mol. The molecule has 1 aliphatic rings. The fraction of sp³-hybridized carbons (Fsp3) is 0.529. The molecule has 2 amide bonds. The molecular weight excluding hydrogens is 294 g/mol. The summed E-state index contributed by atoms with van der Waals surface area (Å²) in [6.45, 7) is 5.09. The van der Waals surface area contributed by atoms with Crippen LogP contribution in [0.15, 0.2) is 30.3 Å². The van der Waals surface area contributed by atoms with Crippen molar-refractivity contribution in [2.24, 2.45) is 0 Å². The van der Waals surface area contributed by atoms with Crippen molar-refractivity contribution in [2.75, 3.05) is 51.3 Å². The molecule has 2 rings (SSSR count). The zero-order valence-electron chi connectivity index (χ0n) is 13.9. The van der Waals surface area contributed by atoms with Gasteiger partial charge in [0.15, 0.2) is 0 Å². The third-order valence-corrected chi connectivity index (χ3v) is 4.02. The molecule has 1 aliphatic heterocycles. The van der Waals surface area contributed by atoms with Crippen molar-refractivity contribution in [3.8, 4) is 0 Å². The molecule has 0 bridgehead atoms. The standard InChI is InChI=1S/C17H25N3O3/c1-3-23-17(22)20-13-11-19(12-14-20)16(21)9-10-18(2)15-7-5-4-6-8-15/h4-8H,3,9-14H2,1-2H3. The lowest BCUT2D eigenvalue weighted by molar-refractivity contribution is -0.132. The monoisotopic (exact) mass is 319 g/mol. The maximum atomic E-state index is 12.3. The number of rotatable bonds is 5. The Morgan fingerprint density at radius 3 is 2.30 bits per heavy atom. The Hall–Kier alpha value is -2.24. The van der Waals surface area contributed by atoms with Crippen LogP contribution < -0.4 is 4.90 Å². The van der Waals surface area contributed by atoms with E-state index in [9.17, 15) is 9.59 Å². The molecule has 0 aromatic heterocycles. The highest BCUT2D eigenvalue weighted by molar-refractivity contribution is 5.77. The first-order valence-corrected chi connectivity index (χ1v) is 8.07. The second kappa shape index (κ2) is 8.41. The molecular formula is C17H25N3O3. The SMILES string of the molecule is CCOC(=O)N1CCN(C(=O)CCN(C)c2ccccc2)CC1. The molecule has 1 aromatic rings. The summed E-state index contributed by atoms with van der Waals surface area (Å²) in [4.78, 5) is 29.5. The summed E-state index contributed by atoms with van der Waals surface area (Å²) >= 11 is 0. The quantitative estimate of drug-likeness (QED) is 0.831. The van der Waals surface area contributed by atoms with Crippen molar-refractivity contribution in [1.82, 2.24) is 9.80 Å². The number of para-hydroxylation sites is 1. The first-order chi connectivity index (χ1) is 11.1. The van der Waals surface area contributed by atoms with Crippen LogP contribution >= 0.6 is 0 Å². The van der Waals surface area contributed by atoms with Crippen LogP contribution in [0.4, 0.5) is 10.5 Å². The Balaban J connectivity index is 1.74. The van der Waals surface area contributed by atoms with Crippen molar-refractivity contribution in [3.05, 3.63) is 30.3 Å². The minimum Gasteiger partial charge on any atom is -0.450 e. The van der Waals surface area contributed by atoms with Crippen molar-refractivity contribution in [3.63, 3.8) is 0 Å². The molecule has 23 heavy (non-hydrogen) atoms. The molecule has 0 atom stereocenters. The Bertz CT molecular complexity index is 513. The van der Waals surface area contributed by atoms with Gasteiger partial charge in [0.25, 0.3) is 0 Å². The fourth-order valence-electron chi connectivity index (χ4n) is 2.59. The maximum Gasteiger partial charge on any atom is 0.409 e. The Kier molecular flexibility index (Phi) is 6.26. The minimum absolute atomic E-state index is 0.135. The van der Waals surface area contributed by atoms with Gasteiger partial charge >= 0.3 is 6.09 Å². The zero-order valence-corrected chi connectivity index (χ0v) is 13.9. The van der Waals surface area contributed by atoms with Crippen molar-refractivity contribution in [1.29, 1.82) is 0 Å². The zero-order chi connectivity index (χ0) is 16.7. The van der Waals surface area contributed by atoms with Gasteiger partial charge in [0.1, 0.15) is 0 Å². The highest BCUT2D eigenvalue weighted by Crippen LogP contribution is 2.12. The number of hydrogen-bond acceptors (Lipinski definition) is 4. The summed E-state index contributed by atoms with van der Waals surface area (Å²) in [5.41, 5.74) is 1.10. The number of hydrogen-bond donors (Lipinski definition) is 0. The van der Waals surface area contributed by atoms with Crippen molar-refractivity contribution < 1.29 is 14.3 Å². The number of carbonyl (C=O) groups excluding carboxylic acids is 2. The average Bonchev–Trinajstić information content (AvgIpc) is 2.60. The summed E-state index contributed by atoms with van der Waals surface area (Å²) in [5, 5.41) is 0. The lowest BCUT2D eigenvalue weighted by Crippen LogP contribution is -2.51. The molecule has 0 spiro atoms. The third-order valence-electron chi connectivity index (χ3n) is 4.02. The summed E-state index contributed by atoms with van der Waals surface area (Å²) in [6, 6.07) is 10.0. The topological polar surface area (TPSA) is 53.1 Å². The molecule has 1 fully saturated rings. The van der Waals surface area contributed by atoms with Crippen LogP contribution in [0.1, 0.15) is 13.3 Å². The smallest absolute Gasteiger partial charge is 0.409 e. The van der Waals surface area contributed by atoms with Crippen LogP contribution in [0.3, 0.4) is 0 Å². The van der Waals surface area contributed by atoms with Gasteiger partial charge in [-0.3, -0.25) is 4.79 Å². The summed E-state index contributed by atoms with van der Waals surface area (Å²) < 4.78 is 4.98. The van der Waals surface area contributed by atoms with Gasteiger partial charge in [-0.2, -0.15) is 0 Å². The minimum atomic E-state index is -0.289. The van der Waals surface area contributed by atoms with Gasteiger partial charge in [-0.1, -0.05) is 18.2 Å². The summed E-state index contributed by atoms with van der Waals surface area (Å²) in [7, 11) is 1.99. The number of amides is 2. The van der Waals surface area contributed by atoms with Gasteiger partial charge in [-0.15, -0.1) is 0 Å². The van der Waals surface area contributed by atoms with Crippen LogP contribution in [0.5, 0.6) is 0 Å². The lowest BCUT2D eigenvalue weighted by atomic mass is 10.2. The number of carbonyl (C=O) groups is 2. The second-order valence-corrected chi connectivity index (χ2v) is 5.57. The highest BCUT2D eigenvalue weighted by Gasteiger charge is 2.24.